The number of hydrogen-bond acceptors (Lipinski definition) is 6. The number of carbonyl (C=O) groups excluding carboxylic acids is 3. The van der Waals surface area contributed by atoms with Crippen molar-refractivity contribution in [1.82, 2.24) is 4.90 Å². The maximum Gasteiger partial charge on any atom is 0.262 e. The van der Waals surface area contributed by atoms with Crippen LogP contribution in [0.4, 0.5) is 0 Å². The number of rotatable bonds is 8. The Kier molecular flexibility index (Phi) is 6.80. The van der Waals surface area contributed by atoms with Gasteiger partial charge in [0.25, 0.3) is 11.8 Å². The first-order valence-corrected chi connectivity index (χ1v) is 10.8. The standard InChI is InChI=1S/C25H21NO5S/c1-30-16-31-22(17-10-4-2-5-11-17)21(25(29)32-18-12-6-3-7-13-18)26-23(27)19-14-8-9-15-20(19)24(26)28/h2-15,21-22H,16H2,1H3/t21?,22-/m1/s1. The van der Waals surface area contributed by atoms with Crippen LogP contribution >= 0.6 is 11.8 Å². The Labute approximate surface area is 190 Å². The Morgan fingerprint density at radius 2 is 1.38 bits per heavy atom. The van der Waals surface area contributed by atoms with E-state index in [1.807, 2.05) is 36.4 Å². The van der Waals surface area contributed by atoms with Gasteiger partial charge in [0.15, 0.2) is 0 Å². The summed E-state index contributed by atoms with van der Waals surface area (Å²) < 4.78 is 11.0. The number of carbonyl (C=O) groups is 3. The molecule has 2 atom stereocenters. The first kappa shape index (κ1) is 22.0. The second-order valence-electron chi connectivity index (χ2n) is 7.11. The van der Waals surface area contributed by atoms with Crippen molar-refractivity contribution in [3.05, 3.63) is 102 Å². The maximum absolute atomic E-state index is 13.6. The van der Waals surface area contributed by atoms with E-state index in [-0.39, 0.29) is 23.0 Å². The van der Waals surface area contributed by atoms with Gasteiger partial charge in [-0.1, -0.05) is 60.7 Å². The van der Waals surface area contributed by atoms with Gasteiger partial charge in [-0.15, -0.1) is 0 Å². The number of hydrogen-bond donors (Lipinski definition) is 0. The number of ether oxygens (including phenoxy) is 2. The van der Waals surface area contributed by atoms with Crippen molar-refractivity contribution in [2.45, 2.75) is 17.0 Å². The minimum absolute atomic E-state index is 0.109. The third-order valence-corrected chi connectivity index (χ3v) is 6.04. The van der Waals surface area contributed by atoms with Crippen molar-refractivity contribution in [3.8, 4) is 0 Å². The summed E-state index contributed by atoms with van der Waals surface area (Å²) in [4.78, 5) is 41.9. The summed E-state index contributed by atoms with van der Waals surface area (Å²) in [6.07, 6.45) is -0.901. The Morgan fingerprint density at radius 1 is 0.844 bits per heavy atom. The van der Waals surface area contributed by atoms with E-state index in [0.29, 0.717) is 10.5 Å². The molecular formula is C25H21NO5S. The van der Waals surface area contributed by atoms with Gasteiger partial charge in [0.05, 0.1) is 11.1 Å². The van der Waals surface area contributed by atoms with Gasteiger partial charge in [-0.25, -0.2) is 0 Å². The zero-order chi connectivity index (χ0) is 22.5. The second kappa shape index (κ2) is 9.91. The van der Waals surface area contributed by atoms with Crippen LogP contribution in [0.15, 0.2) is 89.8 Å². The fourth-order valence-electron chi connectivity index (χ4n) is 3.64. The van der Waals surface area contributed by atoms with Crippen molar-refractivity contribution in [1.29, 1.82) is 0 Å². The molecule has 0 bridgehead atoms. The summed E-state index contributed by atoms with van der Waals surface area (Å²) in [6, 6.07) is 23.5. The Bertz CT molecular complexity index is 1080. The summed E-state index contributed by atoms with van der Waals surface area (Å²) in [6.45, 7) is -0.109. The van der Waals surface area contributed by atoms with Crippen molar-refractivity contribution in [2.75, 3.05) is 13.9 Å². The van der Waals surface area contributed by atoms with Crippen LogP contribution < -0.4 is 0 Å². The number of nitrogens with zero attached hydrogens (tertiary/aromatic N) is 1. The average molecular weight is 448 g/mol. The zero-order valence-electron chi connectivity index (χ0n) is 17.3. The lowest BCUT2D eigenvalue weighted by molar-refractivity contribution is -0.127. The molecule has 3 aromatic rings. The topological polar surface area (TPSA) is 72.9 Å². The van der Waals surface area contributed by atoms with E-state index in [9.17, 15) is 14.4 Å². The fraction of sp³-hybridized carbons (Fsp3) is 0.160. The number of thioether (sulfide) groups is 1. The van der Waals surface area contributed by atoms with E-state index >= 15 is 0 Å². The van der Waals surface area contributed by atoms with E-state index in [2.05, 4.69) is 0 Å². The van der Waals surface area contributed by atoms with Crippen LogP contribution in [-0.4, -0.2) is 41.8 Å². The van der Waals surface area contributed by atoms with Crippen LogP contribution in [0.25, 0.3) is 0 Å². The highest BCUT2D eigenvalue weighted by atomic mass is 32.2. The molecule has 1 heterocycles. The van der Waals surface area contributed by atoms with Gasteiger partial charge in [0.1, 0.15) is 18.9 Å². The maximum atomic E-state index is 13.6. The molecule has 7 heteroatoms. The van der Waals surface area contributed by atoms with Gasteiger partial charge in [-0.05, 0) is 41.6 Å². The molecule has 0 radical (unpaired) electrons. The molecule has 4 rings (SSSR count). The Morgan fingerprint density at radius 3 is 1.94 bits per heavy atom. The number of amides is 2. The Balaban J connectivity index is 1.78. The van der Waals surface area contributed by atoms with Crippen molar-refractivity contribution in [2.24, 2.45) is 0 Å². The minimum atomic E-state index is -1.19. The molecule has 0 aromatic heterocycles. The summed E-state index contributed by atoms with van der Waals surface area (Å²) in [5, 5.41) is -0.379. The van der Waals surface area contributed by atoms with Gasteiger partial charge in [0, 0.05) is 12.0 Å². The van der Waals surface area contributed by atoms with Gasteiger partial charge >= 0.3 is 0 Å². The van der Waals surface area contributed by atoms with Gasteiger partial charge in [0.2, 0.25) is 5.12 Å². The van der Waals surface area contributed by atoms with E-state index in [1.54, 1.807) is 48.5 Å². The molecule has 6 nitrogen and oxygen atoms in total. The normalized spacial score (nSPS) is 14.8. The summed E-state index contributed by atoms with van der Waals surface area (Å²) >= 11 is 0.972. The van der Waals surface area contributed by atoms with Crippen LogP contribution in [-0.2, 0) is 14.3 Å². The van der Waals surface area contributed by atoms with Crippen LogP contribution in [0, 0.1) is 0 Å². The highest BCUT2D eigenvalue weighted by Gasteiger charge is 2.47. The van der Waals surface area contributed by atoms with E-state index < -0.39 is 24.0 Å². The smallest absolute Gasteiger partial charge is 0.262 e. The molecule has 0 saturated heterocycles. The third kappa shape index (κ3) is 4.36. The van der Waals surface area contributed by atoms with Gasteiger partial charge in [-0.2, -0.15) is 0 Å². The summed E-state index contributed by atoms with van der Waals surface area (Å²) in [5.41, 5.74) is 1.21. The monoisotopic (exact) mass is 447 g/mol. The number of methoxy groups -OCH3 is 1. The number of fused-ring (bicyclic) bond motifs is 1. The van der Waals surface area contributed by atoms with Gasteiger partial charge < -0.3 is 9.47 Å². The van der Waals surface area contributed by atoms with E-state index in [4.69, 9.17) is 9.47 Å². The summed E-state index contributed by atoms with van der Waals surface area (Å²) in [5.74, 6) is -1.03. The van der Waals surface area contributed by atoms with Crippen molar-refractivity contribution >= 4 is 28.7 Å². The fourth-order valence-corrected chi connectivity index (χ4v) is 4.52. The molecule has 0 fully saturated rings. The molecule has 1 unspecified atom stereocenters. The highest BCUT2D eigenvalue weighted by molar-refractivity contribution is 8.13. The average Bonchev–Trinajstić information content (AvgIpc) is 3.08. The third-order valence-electron chi connectivity index (χ3n) is 5.09. The first-order chi connectivity index (χ1) is 15.6. The van der Waals surface area contributed by atoms with Crippen molar-refractivity contribution in [3.63, 3.8) is 0 Å². The van der Waals surface area contributed by atoms with Crippen LogP contribution in [0.1, 0.15) is 32.4 Å². The number of imide groups is 1. The molecule has 1 aliphatic rings. The Hall–Kier alpha value is -3.26. The zero-order valence-corrected chi connectivity index (χ0v) is 18.2. The summed E-state index contributed by atoms with van der Waals surface area (Å²) in [7, 11) is 1.47. The lowest BCUT2D eigenvalue weighted by Crippen LogP contribution is -2.48. The minimum Gasteiger partial charge on any atom is -0.359 e. The van der Waals surface area contributed by atoms with Crippen LogP contribution in [0.5, 0.6) is 0 Å². The molecule has 2 amide bonds. The molecule has 3 aromatic carbocycles. The predicted molar refractivity (Wildman–Crippen MR) is 120 cm³/mol. The molecule has 0 aliphatic carbocycles. The molecule has 0 N–H and O–H groups in total. The molecule has 1 aliphatic heterocycles. The highest BCUT2D eigenvalue weighted by Crippen LogP contribution is 2.36. The second-order valence-corrected chi connectivity index (χ2v) is 8.19. The van der Waals surface area contributed by atoms with Gasteiger partial charge in [-0.3, -0.25) is 19.3 Å². The molecule has 32 heavy (non-hydrogen) atoms. The molecular weight excluding hydrogens is 426 g/mol. The van der Waals surface area contributed by atoms with E-state index in [0.717, 1.165) is 16.7 Å². The molecule has 0 spiro atoms. The quantitative estimate of drug-likeness (QED) is 0.291. The predicted octanol–water partition coefficient (Wildman–Crippen LogP) is 4.33. The lowest BCUT2D eigenvalue weighted by Gasteiger charge is -2.32. The lowest BCUT2D eigenvalue weighted by atomic mass is 10.0. The van der Waals surface area contributed by atoms with Crippen LogP contribution in [0.3, 0.4) is 0 Å². The first-order valence-electron chi connectivity index (χ1n) is 10.0. The molecule has 0 saturated carbocycles. The van der Waals surface area contributed by atoms with E-state index in [1.165, 1.54) is 7.11 Å². The largest absolute Gasteiger partial charge is 0.359 e. The SMILES string of the molecule is COCO[C@H](c1ccccc1)C(C(=O)Sc1ccccc1)N1C(=O)c2ccccc2C1=O. The van der Waals surface area contributed by atoms with Crippen molar-refractivity contribution < 1.29 is 23.9 Å². The molecule has 162 valence electrons. The number of benzene rings is 3. The van der Waals surface area contributed by atoms with Crippen LogP contribution in [0.2, 0.25) is 0 Å².